The van der Waals surface area contributed by atoms with Gasteiger partial charge in [0.1, 0.15) is 0 Å². The summed E-state index contributed by atoms with van der Waals surface area (Å²) in [5.41, 5.74) is 0. The smallest absolute Gasteiger partial charge is 0.236 e. The van der Waals surface area contributed by atoms with Gasteiger partial charge in [-0.15, -0.1) is 0 Å². The lowest BCUT2D eigenvalue weighted by Crippen LogP contribution is -2.47. The minimum atomic E-state index is 0.306. The third-order valence-electron chi connectivity index (χ3n) is 4.23. The van der Waals surface area contributed by atoms with Crippen LogP contribution in [0.4, 0.5) is 0 Å². The van der Waals surface area contributed by atoms with Crippen LogP contribution in [0.25, 0.3) is 0 Å². The molecular weight excluding hydrogens is 244 g/mol. The van der Waals surface area contributed by atoms with E-state index < -0.39 is 0 Å². The molecule has 4 heteroatoms. The standard InChI is InChI=1S/C14H26N2OS/c1-18-13-8-4-3-7-12(13)15-11-14(17)16-9-5-2-6-10-16/h12-13,15H,2-11H2,1H3. The lowest BCUT2D eigenvalue weighted by atomic mass is 9.95. The van der Waals surface area contributed by atoms with Gasteiger partial charge < -0.3 is 10.2 Å². The van der Waals surface area contributed by atoms with Gasteiger partial charge >= 0.3 is 0 Å². The van der Waals surface area contributed by atoms with Crippen molar-refractivity contribution in [2.24, 2.45) is 0 Å². The SMILES string of the molecule is CSC1CCCCC1NCC(=O)N1CCCCC1. The Morgan fingerprint density at radius 2 is 1.89 bits per heavy atom. The van der Waals surface area contributed by atoms with E-state index in [0.717, 1.165) is 13.1 Å². The second-order valence-electron chi connectivity index (χ2n) is 5.49. The van der Waals surface area contributed by atoms with Gasteiger partial charge in [-0.05, 0) is 38.4 Å². The Balaban J connectivity index is 1.73. The zero-order valence-electron chi connectivity index (χ0n) is 11.5. The second-order valence-corrected chi connectivity index (χ2v) is 6.56. The first-order chi connectivity index (χ1) is 8.81. The molecule has 0 bridgehead atoms. The Kier molecular flexibility index (Phi) is 5.83. The molecule has 2 fully saturated rings. The molecule has 1 aliphatic heterocycles. The summed E-state index contributed by atoms with van der Waals surface area (Å²) >= 11 is 1.95. The fraction of sp³-hybridized carbons (Fsp3) is 0.929. The topological polar surface area (TPSA) is 32.3 Å². The van der Waals surface area contributed by atoms with Gasteiger partial charge in [0, 0.05) is 24.4 Å². The number of nitrogens with one attached hydrogen (secondary N) is 1. The lowest BCUT2D eigenvalue weighted by molar-refractivity contribution is -0.131. The van der Waals surface area contributed by atoms with E-state index in [1.807, 2.05) is 16.7 Å². The van der Waals surface area contributed by atoms with Crippen molar-refractivity contribution in [3.63, 3.8) is 0 Å². The Morgan fingerprint density at radius 3 is 2.61 bits per heavy atom. The van der Waals surface area contributed by atoms with Gasteiger partial charge in [0.15, 0.2) is 0 Å². The molecule has 2 unspecified atom stereocenters. The Bertz CT molecular complexity index is 267. The molecule has 2 rings (SSSR count). The average molecular weight is 270 g/mol. The van der Waals surface area contributed by atoms with Crippen LogP contribution in [0.3, 0.4) is 0 Å². The summed E-state index contributed by atoms with van der Waals surface area (Å²) in [5, 5.41) is 4.21. The predicted molar refractivity (Wildman–Crippen MR) is 78.0 cm³/mol. The highest BCUT2D eigenvalue weighted by Gasteiger charge is 2.25. The summed E-state index contributed by atoms with van der Waals surface area (Å²) in [6.07, 6.45) is 11.0. The van der Waals surface area contributed by atoms with E-state index in [1.54, 1.807) is 0 Å². The Labute approximate surface area is 115 Å². The van der Waals surface area contributed by atoms with E-state index in [0.29, 0.717) is 23.7 Å². The van der Waals surface area contributed by atoms with Crippen molar-refractivity contribution < 1.29 is 4.79 Å². The van der Waals surface area contributed by atoms with E-state index in [1.165, 1.54) is 44.9 Å². The van der Waals surface area contributed by atoms with Gasteiger partial charge in [0.25, 0.3) is 0 Å². The van der Waals surface area contributed by atoms with Gasteiger partial charge in [-0.2, -0.15) is 11.8 Å². The minimum absolute atomic E-state index is 0.306. The van der Waals surface area contributed by atoms with Crippen LogP contribution < -0.4 is 5.32 Å². The minimum Gasteiger partial charge on any atom is -0.342 e. The highest BCUT2D eigenvalue weighted by atomic mass is 32.2. The first kappa shape index (κ1) is 14.2. The predicted octanol–water partition coefficient (Wildman–Crippen LogP) is 2.26. The summed E-state index contributed by atoms with van der Waals surface area (Å²) in [4.78, 5) is 14.1. The zero-order valence-corrected chi connectivity index (χ0v) is 12.3. The van der Waals surface area contributed by atoms with Crippen LogP contribution in [-0.2, 0) is 4.79 Å². The molecule has 0 spiro atoms. The summed E-state index contributed by atoms with van der Waals surface area (Å²) in [6, 6.07) is 0.544. The van der Waals surface area contributed by atoms with Crippen molar-refractivity contribution in [1.82, 2.24) is 10.2 Å². The summed E-state index contributed by atoms with van der Waals surface area (Å²) < 4.78 is 0. The van der Waals surface area contributed by atoms with Crippen molar-refractivity contribution in [2.45, 2.75) is 56.2 Å². The van der Waals surface area contributed by atoms with Crippen LogP contribution >= 0.6 is 11.8 Å². The van der Waals surface area contributed by atoms with Crippen LogP contribution in [0.2, 0.25) is 0 Å². The average Bonchev–Trinajstić information content (AvgIpc) is 2.46. The molecule has 1 amide bonds. The van der Waals surface area contributed by atoms with Crippen molar-refractivity contribution >= 4 is 17.7 Å². The molecule has 0 aromatic carbocycles. The molecule has 3 nitrogen and oxygen atoms in total. The molecule has 1 heterocycles. The monoisotopic (exact) mass is 270 g/mol. The molecular formula is C14H26N2OS. The molecule has 0 aromatic rings. The molecule has 1 aliphatic carbocycles. The van der Waals surface area contributed by atoms with Crippen LogP contribution in [0.15, 0.2) is 0 Å². The number of hydrogen-bond donors (Lipinski definition) is 1. The fourth-order valence-corrected chi connectivity index (χ4v) is 4.05. The second kappa shape index (κ2) is 7.39. The highest BCUT2D eigenvalue weighted by Crippen LogP contribution is 2.27. The van der Waals surface area contributed by atoms with E-state index in [9.17, 15) is 4.79 Å². The largest absolute Gasteiger partial charge is 0.342 e. The van der Waals surface area contributed by atoms with Crippen LogP contribution in [0, 0.1) is 0 Å². The van der Waals surface area contributed by atoms with Gasteiger partial charge in [-0.25, -0.2) is 0 Å². The summed E-state index contributed by atoms with van der Waals surface area (Å²) in [5.74, 6) is 0.306. The fourth-order valence-electron chi connectivity index (χ4n) is 3.09. The molecule has 2 atom stereocenters. The zero-order chi connectivity index (χ0) is 12.8. The number of carbonyl (C=O) groups is 1. The molecule has 1 saturated carbocycles. The van der Waals surface area contributed by atoms with Crippen molar-refractivity contribution in [3.05, 3.63) is 0 Å². The van der Waals surface area contributed by atoms with E-state index in [4.69, 9.17) is 0 Å². The van der Waals surface area contributed by atoms with Gasteiger partial charge in [0.2, 0.25) is 5.91 Å². The Hall–Kier alpha value is -0.220. The normalized spacial score (nSPS) is 29.3. The quantitative estimate of drug-likeness (QED) is 0.850. The molecule has 1 saturated heterocycles. The summed E-state index contributed by atoms with van der Waals surface area (Å²) in [6.45, 7) is 2.48. The maximum absolute atomic E-state index is 12.1. The van der Waals surface area contributed by atoms with Gasteiger partial charge in [0.05, 0.1) is 6.54 Å². The van der Waals surface area contributed by atoms with Gasteiger partial charge in [-0.1, -0.05) is 12.8 Å². The van der Waals surface area contributed by atoms with Crippen LogP contribution in [0.5, 0.6) is 0 Å². The number of piperidine rings is 1. The Morgan fingerprint density at radius 1 is 1.17 bits per heavy atom. The number of carbonyl (C=O) groups excluding carboxylic acids is 1. The number of amides is 1. The van der Waals surface area contributed by atoms with E-state index in [-0.39, 0.29) is 0 Å². The van der Waals surface area contributed by atoms with Crippen molar-refractivity contribution in [1.29, 1.82) is 0 Å². The maximum atomic E-state index is 12.1. The van der Waals surface area contributed by atoms with Crippen LogP contribution in [0.1, 0.15) is 44.9 Å². The highest BCUT2D eigenvalue weighted by molar-refractivity contribution is 7.99. The number of nitrogens with zero attached hydrogens (tertiary/aromatic N) is 1. The van der Waals surface area contributed by atoms with Gasteiger partial charge in [-0.3, -0.25) is 4.79 Å². The van der Waals surface area contributed by atoms with Crippen LogP contribution in [-0.4, -0.2) is 48.0 Å². The molecule has 18 heavy (non-hydrogen) atoms. The number of likely N-dealkylation sites (tertiary alicyclic amines) is 1. The number of hydrogen-bond acceptors (Lipinski definition) is 3. The van der Waals surface area contributed by atoms with Crippen molar-refractivity contribution in [2.75, 3.05) is 25.9 Å². The molecule has 1 N–H and O–H groups in total. The third kappa shape index (κ3) is 3.89. The van der Waals surface area contributed by atoms with Crippen molar-refractivity contribution in [3.8, 4) is 0 Å². The maximum Gasteiger partial charge on any atom is 0.236 e. The van der Waals surface area contributed by atoms with E-state index in [2.05, 4.69) is 11.6 Å². The molecule has 0 radical (unpaired) electrons. The lowest BCUT2D eigenvalue weighted by Gasteiger charge is -2.32. The molecule has 2 aliphatic rings. The first-order valence-electron chi connectivity index (χ1n) is 7.35. The number of thioether (sulfide) groups is 1. The molecule has 0 aromatic heterocycles. The summed E-state index contributed by atoms with van der Waals surface area (Å²) in [7, 11) is 0. The first-order valence-corrected chi connectivity index (χ1v) is 8.64. The number of rotatable bonds is 4. The third-order valence-corrected chi connectivity index (χ3v) is 5.40. The van der Waals surface area contributed by atoms with E-state index >= 15 is 0 Å². The molecule has 104 valence electrons.